The quantitative estimate of drug-likeness (QED) is 0.787. The third-order valence-electron chi connectivity index (χ3n) is 1.59. The van der Waals surface area contributed by atoms with Gasteiger partial charge < -0.3 is 9.52 Å². The lowest BCUT2D eigenvalue weighted by Gasteiger charge is -2.01. The predicted molar refractivity (Wildman–Crippen MR) is 47.6 cm³/mol. The van der Waals surface area contributed by atoms with Crippen LogP contribution in [0.5, 0.6) is 0 Å². The van der Waals surface area contributed by atoms with Crippen molar-refractivity contribution >= 4 is 17.7 Å². The number of hydrogen-bond acceptors (Lipinski definition) is 3. The summed E-state index contributed by atoms with van der Waals surface area (Å²) in [7, 11) is 0. The number of thioether (sulfide) groups is 1. The van der Waals surface area contributed by atoms with Gasteiger partial charge in [-0.05, 0) is 25.3 Å². The van der Waals surface area contributed by atoms with Crippen LogP contribution in [0.2, 0.25) is 0 Å². The van der Waals surface area contributed by atoms with E-state index in [2.05, 4.69) is 0 Å². The Balaban J connectivity index is 2.84. The zero-order valence-corrected chi connectivity index (χ0v) is 7.72. The number of hydrogen-bond donors (Lipinski definition) is 1. The molecule has 0 aliphatic carbocycles. The Bertz CT molecular complexity index is 280. The maximum absolute atomic E-state index is 10.4. The van der Waals surface area contributed by atoms with Gasteiger partial charge in [-0.15, -0.1) is 0 Å². The fourth-order valence-corrected chi connectivity index (χ4v) is 1.16. The molecule has 1 aromatic heterocycles. The molecule has 0 aliphatic rings. The van der Waals surface area contributed by atoms with Gasteiger partial charge in [-0.2, -0.15) is 11.8 Å². The lowest BCUT2D eigenvalue weighted by molar-refractivity contribution is 0.0660. The fraction of sp³-hybridized carbons (Fsp3) is 0.375. The molecule has 1 aromatic rings. The highest BCUT2D eigenvalue weighted by molar-refractivity contribution is 7.98. The van der Waals surface area contributed by atoms with E-state index in [0.717, 1.165) is 0 Å². The molecule has 0 amide bonds. The minimum atomic E-state index is -1.02. The van der Waals surface area contributed by atoms with Gasteiger partial charge >= 0.3 is 5.97 Å². The summed E-state index contributed by atoms with van der Waals surface area (Å²) in [6.45, 7) is 1.97. The Labute approximate surface area is 74.8 Å². The maximum Gasteiger partial charge on any atom is 0.371 e. The predicted octanol–water partition coefficient (Wildman–Crippen LogP) is 2.40. The number of carboxylic acids is 1. The first-order chi connectivity index (χ1) is 5.65. The third-order valence-corrected chi connectivity index (χ3v) is 2.53. The van der Waals surface area contributed by atoms with Crippen LogP contribution in [0, 0.1) is 0 Å². The van der Waals surface area contributed by atoms with Crippen molar-refractivity contribution in [1.29, 1.82) is 0 Å². The van der Waals surface area contributed by atoms with E-state index in [9.17, 15) is 4.79 Å². The van der Waals surface area contributed by atoms with E-state index < -0.39 is 5.97 Å². The standard InChI is InChI=1S/C8H10O3S/c1-5(12-2)6-3-4-7(11-6)8(9)10/h3-5H,1-2H3,(H,9,10)/t5-/m0/s1. The highest BCUT2D eigenvalue weighted by Crippen LogP contribution is 2.26. The molecule has 0 saturated carbocycles. The van der Waals surface area contributed by atoms with Gasteiger partial charge in [0, 0.05) is 0 Å². The van der Waals surface area contributed by atoms with Crippen LogP contribution in [0.3, 0.4) is 0 Å². The molecule has 0 spiro atoms. The fourth-order valence-electron chi connectivity index (χ4n) is 0.802. The Hall–Kier alpha value is -0.900. The summed E-state index contributed by atoms with van der Waals surface area (Å²) in [5, 5.41) is 8.76. The molecule has 0 fully saturated rings. The summed E-state index contributed by atoms with van der Waals surface area (Å²) in [5.74, 6) is -0.305. The van der Waals surface area contributed by atoms with Crippen molar-refractivity contribution in [2.24, 2.45) is 0 Å². The van der Waals surface area contributed by atoms with Gasteiger partial charge in [0.1, 0.15) is 5.76 Å². The number of aromatic carboxylic acids is 1. The van der Waals surface area contributed by atoms with E-state index in [1.807, 2.05) is 13.2 Å². The molecule has 3 nitrogen and oxygen atoms in total. The Morgan fingerprint density at radius 2 is 2.33 bits per heavy atom. The molecular weight excluding hydrogens is 176 g/mol. The van der Waals surface area contributed by atoms with Crippen molar-refractivity contribution in [3.63, 3.8) is 0 Å². The van der Waals surface area contributed by atoms with Gasteiger partial charge in [0.2, 0.25) is 5.76 Å². The molecule has 1 rings (SSSR count). The van der Waals surface area contributed by atoms with Gasteiger partial charge in [-0.1, -0.05) is 0 Å². The highest BCUT2D eigenvalue weighted by atomic mass is 32.2. The van der Waals surface area contributed by atoms with Crippen LogP contribution in [0.1, 0.15) is 28.5 Å². The van der Waals surface area contributed by atoms with Crippen LogP contribution in [-0.2, 0) is 0 Å². The number of carbonyl (C=O) groups is 1. The van der Waals surface area contributed by atoms with Gasteiger partial charge in [0.05, 0.1) is 5.25 Å². The van der Waals surface area contributed by atoms with Crippen molar-refractivity contribution in [2.45, 2.75) is 12.2 Å². The molecule has 0 unspecified atom stereocenters. The van der Waals surface area contributed by atoms with E-state index in [0.29, 0.717) is 5.76 Å². The smallest absolute Gasteiger partial charge is 0.371 e. The maximum atomic E-state index is 10.4. The molecule has 12 heavy (non-hydrogen) atoms. The monoisotopic (exact) mass is 186 g/mol. The van der Waals surface area contributed by atoms with Crippen LogP contribution in [0.4, 0.5) is 0 Å². The Morgan fingerprint density at radius 1 is 1.67 bits per heavy atom. The van der Waals surface area contributed by atoms with Gasteiger partial charge in [0.25, 0.3) is 0 Å². The van der Waals surface area contributed by atoms with E-state index in [4.69, 9.17) is 9.52 Å². The molecule has 1 atom stereocenters. The number of rotatable bonds is 3. The minimum absolute atomic E-state index is 0.00546. The SMILES string of the molecule is CS[C@@H](C)c1ccc(C(=O)O)o1. The second-order valence-corrected chi connectivity index (χ2v) is 3.56. The number of carboxylic acid groups (broad SMARTS) is 1. The molecule has 4 heteroatoms. The molecular formula is C8H10O3S. The molecule has 0 bridgehead atoms. The molecule has 66 valence electrons. The molecule has 0 aromatic carbocycles. The van der Waals surface area contributed by atoms with Crippen LogP contribution >= 0.6 is 11.8 Å². The first-order valence-electron chi connectivity index (χ1n) is 3.51. The highest BCUT2D eigenvalue weighted by Gasteiger charge is 2.12. The van der Waals surface area contributed by atoms with E-state index in [-0.39, 0.29) is 11.0 Å². The van der Waals surface area contributed by atoms with Gasteiger partial charge in [-0.25, -0.2) is 4.79 Å². The topological polar surface area (TPSA) is 50.4 Å². The second-order valence-electron chi connectivity index (χ2n) is 2.39. The van der Waals surface area contributed by atoms with E-state index >= 15 is 0 Å². The van der Waals surface area contributed by atoms with E-state index in [1.165, 1.54) is 6.07 Å². The lowest BCUT2D eigenvalue weighted by atomic mass is 10.3. The Kier molecular flexibility index (Phi) is 2.81. The number of furan rings is 1. The summed E-state index contributed by atoms with van der Waals surface area (Å²) in [5.41, 5.74) is 0. The summed E-state index contributed by atoms with van der Waals surface area (Å²) >= 11 is 1.62. The van der Waals surface area contributed by atoms with Crippen LogP contribution in [0.25, 0.3) is 0 Å². The van der Waals surface area contributed by atoms with E-state index in [1.54, 1.807) is 17.8 Å². The molecule has 1 N–H and O–H groups in total. The summed E-state index contributed by atoms with van der Waals surface area (Å²) in [6.07, 6.45) is 1.95. The average molecular weight is 186 g/mol. The van der Waals surface area contributed by atoms with Crippen molar-refractivity contribution < 1.29 is 14.3 Å². The van der Waals surface area contributed by atoms with Gasteiger partial charge in [0.15, 0.2) is 0 Å². The van der Waals surface area contributed by atoms with Crippen molar-refractivity contribution in [1.82, 2.24) is 0 Å². The van der Waals surface area contributed by atoms with Crippen LogP contribution < -0.4 is 0 Å². The minimum Gasteiger partial charge on any atom is -0.475 e. The van der Waals surface area contributed by atoms with Gasteiger partial charge in [-0.3, -0.25) is 0 Å². The van der Waals surface area contributed by atoms with Crippen molar-refractivity contribution in [3.05, 3.63) is 23.7 Å². The van der Waals surface area contributed by atoms with Crippen LogP contribution in [0.15, 0.2) is 16.5 Å². The Morgan fingerprint density at radius 3 is 2.75 bits per heavy atom. The van der Waals surface area contributed by atoms with Crippen molar-refractivity contribution in [3.8, 4) is 0 Å². The van der Waals surface area contributed by atoms with Crippen molar-refractivity contribution in [2.75, 3.05) is 6.26 Å². The molecule has 0 aliphatic heterocycles. The average Bonchev–Trinajstić information content (AvgIpc) is 2.51. The summed E-state index contributed by atoms with van der Waals surface area (Å²) in [6, 6.07) is 3.18. The molecule has 0 saturated heterocycles. The second kappa shape index (κ2) is 3.67. The zero-order valence-electron chi connectivity index (χ0n) is 6.90. The van der Waals surface area contributed by atoms with Crippen LogP contribution in [-0.4, -0.2) is 17.3 Å². The largest absolute Gasteiger partial charge is 0.475 e. The normalized spacial score (nSPS) is 12.8. The molecule has 0 radical (unpaired) electrons. The molecule has 1 heterocycles. The summed E-state index contributed by atoms with van der Waals surface area (Å²) in [4.78, 5) is 10.4. The zero-order chi connectivity index (χ0) is 9.14. The third kappa shape index (κ3) is 1.82. The first-order valence-corrected chi connectivity index (χ1v) is 4.79. The summed E-state index contributed by atoms with van der Waals surface area (Å²) < 4.78 is 5.08. The first kappa shape index (κ1) is 9.19. The lowest BCUT2D eigenvalue weighted by Crippen LogP contribution is -1.92.